The molecule has 4 aromatic rings. The van der Waals surface area contributed by atoms with Gasteiger partial charge in [0.1, 0.15) is 18.0 Å². The van der Waals surface area contributed by atoms with Gasteiger partial charge in [0.25, 0.3) is 5.56 Å². The minimum absolute atomic E-state index is 0.0471. The van der Waals surface area contributed by atoms with Gasteiger partial charge in [0.15, 0.2) is 0 Å². The van der Waals surface area contributed by atoms with E-state index in [-0.39, 0.29) is 23.1 Å². The maximum atomic E-state index is 13.8. The maximum Gasteiger partial charge on any atom is 0.259 e. The van der Waals surface area contributed by atoms with Crippen LogP contribution in [0.3, 0.4) is 0 Å². The highest BCUT2D eigenvalue weighted by molar-refractivity contribution is 6.15. The van der Waals surface area contributed by atoms with Crippen LogP contribution in [-0.2, 0) is 6.54 Å². The predicted octanol–water partition coefficient (Wildman–Crippen LogP) is 3.09. The molecule has 1 aliphatic heterocycles. The van der Waals surface area contributed by atoms with E-state index in [1.807, 2.05) is 29.7 Å². The Morgan fingerprint density at radius 1 is 1.28 bits per heavy atom. The van der Waals surface area contributed by atoms with Crippen LogP contribution in [0.4, 0.5) is 11.6 Å². The van der Waals surface area contributed by atoms with E-state index in [0.29, 0.717) is 23.5 Å². The number of nitrogens with zero attached hydrogens (tertiary/aromatic N) is 5. The van der Waals surface area contributed by atoms with Gasteiger partial charge in [0.2, 0.25) is 0 Å². The van der Waals surface area contributed by atoms with Gasteiger partial charge < -0.3 is 20.5 Å². The first-order chi connectivity index (χ1) is 17.5. The van der Waals surface area contributed by atoms with Crippen LogP contribution < -0.4 is 16.6 Å². The van der Waals surface area contributed by atoms with E-state index >= 15 is 0 Å². The first kappa shape index (κ1) is 23.7. The van der Waals surface area contributed by atoms with Crippen molar-refractivity contribution < 1.29 is 0 Å². The summed E-state index contributed by atoms with van der Waals surface area (Å²) in [7, 11) is 0. The van der Waals surface area contributed by atoms with Gasteiger partial charge in [-0.15, -0.1) is 0 Å². The number of nitrogens with one attached hydrogen (secondary N) is 3. The Morgan fingerprint density at radius 3 is 2.81 bits per heavy atom. The molecule has 4 heterocycles. The topological polar surface area (TPSA) is 142 Å². The van der Waals surface area contributed by atoms with Crippen LogP contribution in [0.25, 0.3) is 10.8 Å². The minimum atomic E-state index is 0.0471. The van der Waals surface area contributed by atoms with Gasteiger partial charge in [-0.2, -0.15) is 5.10 Å². The Morgan fingerprint density at radius 2 is 2.08 bits per heavy atom. The molecule has 1 aromatic carbocycles. The van der Waals surface area contributed by atoms with Gasteiger partial charge in [-0.1, -0.05) is 25.1 Å². The van der Waals surface area contributed by atoms with Crippen molar-refractivity contribution in [1.29, 1.82) is 5.41 Å². The summed E-state index contributed by atoms with van der Waals surface area (Å²) in [6, 6.07) is 8.17. The molecule has 10 heteroatoms. The predicted molar refractivity (Wildman–Crippen MR) is 142 cm³/mol. The van der Waals surface area contributed by atoms with E-state index in [4.69, 9.17) is 11.1 Å². The average Bonchev–Trinajstić information content (AvgIpc) is 3.42. The monoisotopic (exact) mass is 485 g/mol. The SMILES string of the molecule is CCN1CCC(n2c(CNc3ncnc(N)c3C(=N)c3cn[nH]c3)cc3cccc(C)c3c2=O)CC1. The summed E-state index contributed by atoms with van der Waals surface area (Å²) in [5.41, 5.74) is 9.23. The van der Waals surface area contributed by atoms with Crippen molar-refractivity contribution in [2.45, 2.75) is 39.3 Å². The highest BCUT2D eigenvalue weighted by Gasteiger charge is 2.24. The molecule has 0 aliphatic carbocycles. The van der Waals surface area contributed by atoms with Crippen LogP contribution in [0.5, 0.6) is 0 Å². The maximum absolute atomic E-state index is 13.8. The molecule has 186 valence electrons. The Balaban J connectivity index is 1.54. The third kappa shape index (κ3) is 4.35. The van der Waals surface area contributed by atoms with Crippen molar-refractivity contribution in [3.63, 3.8) is 0 Å². The second kappa shape index (κ2) is 9.90. The van der Waals surface area contributed by atoms with Crippen molar-refractivity contribution in [1.82, 2.24) is 29.6 Å². The number of nitrogen functional groups attached to an aromatic ring is 1. The number of rotatable bonds is 7. The Labute approximate surface area is 209 Å². The second-order valence-corrected chi connectivity index (χ2v) is 9.21. The van der Waals surface area contributed by atoms with Gasteiger partial charge in [-0.3, -0.25) is 15.3 Å². The normalized spacial score (nSPS) is 14.8. The molecule has 5 rings (SSSR count). The lowest BCUT2D eigenvalue weighted by atomic mass is 10.0. The molecule has 1 fully saturated rings. The fourth-order valence-electron chi connectivity index (χ4n) is 5.12. The van der Waals surface area contributed by atoms with E-state index in [9.17, 15) is 4.79 Å². The number of piperidine rings is 1. The van der Waals surface area contributed by atoms with Crippen LogP contribution in [-0.4, -0.2) is 55.0 Å². The summed E-state index contributed by atoms with van der Waals surface area (Å²) in [5, 5.41) is 20.3. The van der Waals surface area contributed by atoms with Crippen molar-refractivity contribution in [3.05, 3.63) is 75.7 Å². The first-order valence-electron chi connectivity index (χ1n) is 12.3. The van der Waals surface area contributed by atoms with Gasteiger partial charge in [-0.25, -0.2) is 9.97 Å². The van der Waals surface area contributed by atoms with Gasteiger partial charge in [-0.05, 0) is 43.3 Å². The van der Waals surface area contributed by atoms with Crippen molar-refractivity contribution in [3.8, 4) is 0 Å². The summed E-state index contributed by atoms with van der Waals surface area (Å²) in [6.45, 7) is 7.49. The van der Waals surface area contributed by atoms with Crippen molar-refractivity contribution in [2.24, 2.45) is 0 Å². The number of aryl methyl sites for hydroxylation is 1. The van der Waals surface area contributed by atoms with E-state index < -0.39 is 0 Å². The quantitative estimate of drug-likeness (QED) is 0.295. The number of anilines is 2. The fraction of sp³-hybridized carbons (Fsp3) is 0.346. The first-order valence-corrected chi connectivity index (χ1v) is 12.3. The number of pyridine rings is 1. The average molecular weight is 486 g/mol. The fourth-order valence-corrected chi connectivity index (χ4v) is 5.12. The number of likely N-dealkylation sites (tertiary alicyclic amines) is 1. The summed E-state index contributed by atoms with van der Waals surface area (Å²) in [6.07, 6.45) is 6.42. The molecule has 36 heavy (non-hydrogen) atoms. The number of aromatic amines is 1. The molecule has 0 atom stereocenters. The molecular formula is C26H31N9O. The van der Waals surface area contributed by atoms with Crippen LogP contribution in [0.15, 0.2) is 47.8 Å². The Bertz CT molecular complexity index is 1450. The lowest BCUT2D eigenvalue weighted by Crippen LogP contribution is -2.38. The van der Waals surface area contributed by atoms with Crippen molar-refractivity contribution >= 4 is 28.1 Å². The summed E-state index contributed by atoms with van der Waals surface area (Å²) in [4.78, 5) is 24.7. The second-order valence-electron chi connectivity index (χ2n) is 9.21. The smallest absolute Gasteiger partial charge is 0.259 e. The molecule has 3 aromatic heterocycles. The molecule has 0 saturated carbocycles. The van der Waals surface area contributed by atoms with E-state index in [0.717, 1.165) is 54.5 Å². The van der Waals surface area contributed by atoms with Crippen molar-refractivity contribution in [2.75, 3.05) is 30.7 Å². The van der Waals surface area contributed by atoms with Crippen LogP contribution in [0.1, 0.15) is 48.2 Å². The molecule has 1 aliphatic rings. The molecule has 0 unspecified atom stereocenters. The molecule has 10 nitrogen and oxygen atoms in total. The molecular weight excluding hydrogens is 454 g/mol. The van der Waals surface area contributed by atoms with Gasteiger partial charge in [0, 0.05) is 36.6 Å². The molecule has 0 radical (unpaired) electrons. The zero-order valence-electron chi connectivity index (χ0n) is 20.6. The van der Waals surface area contributed by atoms with E-state index in [2.05, 4.69) is 43.4 Å². The number of aromatic nitrogens is 5. The van der Waals surface area contributed by atoms with Crippen LogP contribution in [0.2, 0.25) is 0 Å². The highest BCUT2D eigenvalue weighted by atomic mass is 16.1. The Hall–Kier alpha value is -4.05. The number of benzene rings is 1. The molecule has 1 saturated heterocycles. The zero-order valence-corrected chi connectivity index (χ0v) is 20.6. The number of nitrogens with two attached hydrogens (primary N) is 1. The van der Waals surface area contributed by atoms with E-state index in [1.165, 1.54) is 6.33 Å². The summed E-state index contributed by atoms with van der Waals surface area (Å²) in [5.74, 6) is 0.648. The third-order valence-corrected chi connectivity index (χ3v) is 7.09. The zero-order chi connectivity index (χ0) is 25.2. The number of fused-ring (bicyclic) bond motifs is 1. The largest absolute Gasteiger partial charge is 0.383 e. The van der Waals surface area contributed by atoms with Crippen LogP contribution >= 0.6 is 0 Å². The number of hydrogen-bond donors (Lipinski definition) is 4. The Kier molecular flexibility index (Phi) is 6.51. The molecule has 0 amide bonds. The molecule has 0 bridgehead atoms. The standard InChI is InChI=1S/C26H31N9O/c1-3-34-9-7-19(8-10-34)35-20(11-17-6-4-5-16(2)21(17)26(35)36)14-29-25-22(24(28)30-15-31-25)23(27)18-12-32-33-13-18/h4-6,11-13,15,19,27H,3,7-10,14H2,1-2H3,(H,32,33)(H3,28,29,30,31). The minimum Gasteiger partial charge on any atom is -0.383 e. The van der Waals surface area contributed by atoms with Gasteiger partial charge >= 0.3 is 0 Å². The number of H-pyrrole nitrogens is 1. The molecule has 0 spiro atoms. The van der Waals surface area contributed by atoms with Crippen LogP contribution in [0, 0.1) is 12.3 Å². The lowest BCUT2D eigenvalue weighted by molar-refractivity contribution is 0.191. The third-order valence-electron chi connectivity index (χ3n) is 7.09. The number of hydrogen-bond acceptors (Lipinski definition) is 8. The molecule has 5 N–H and O–H groups in total. The van der Waals surface area contributed by atoms with E-state index in [1.54, 1.807) is 12.4 Å². The highest BCUT2D eigenvalue weighted by Crippen LogP contribution is 2.27. The lowest BCUT2D eigenvalue weighted by Gasteiger charge is -2.33. The summed E-state index contributed by atoms with van der Waals surface area (Å²) < 4.78 is 1.97. The summed E-state index contributed by atoms with van der Waals surface area (Å²) >= 11 is 0. The van der Waals surface area contributed by atoms with Gasteiger partial charge in [0.05, 0.1) is 29.4 Å².